The number of hydrogen-bond acceptors (Lipinski definition) is 4. The maximum atomic E-state index is 12.2. The molecule has 140 valence electrons. The van der Waals surface area contributed by atoms with Crippen molar-refractivity contribution in [3.63, 3.8) is 0 Å². The fraction of sp³-hybridized carbons (Fsp3) is 0.381. The van der Waals surface area contributed by atoms with Gasteiger partial charge < -0.3 is 19.5 Å². The Morgan fingerprint density at radius 2 is 1.69 bits per heavy atom. The highest BCUT2D eigenvalue weighted by molar-refractivity contribution is 5.80. The molecule has 0 spiro atoms. The molecule has 1 N–H and O–H groups in total. The minimum atomic E-state index is -0.545. The van der Waals surface area contributed by atoms with Crippen LogP contribution in [0.5, 0.6) is 17.2 Å². The summed E-state index contributed by atoms with van der Waals surface area (Å²) in [7, 11) is 0. The Bertz CT molecular complexity index is 688. The molecule has 1 amide bonds. The monoisotopic (exact) mass is 357 g/mol. The molecule has 0 bridgehead atoms. The molecule has 1 atom stereocenters. The molecule has 26 heavy (non-hydrogen) atoms. The Hall–Kier alpha value is -2.69. The number of carbonyl (C=O) groups is 1. The van der Waals surface area contributed by atoms with Gasteiger partial charge in [0, 0.05) is 6.54 Å². The molecule has 2 aromatic rings. The number of rotatable bonds is 10. The maximum Gasteiger partial charge on any atom is 0.260 e. The molecule has 2 rings (SSSR count). The van der Waals surface area contributed by atoms with E-state index in [9.17, 15) is 4.79 Å². The van der Waals surface area contributed by atoms with Gasteiger partial charge in [0.2, 0.25) is 0 Å². The van der Waals surface area contributed by atoms with Gasteiger partial charge in [-0.25, -0.2) is 0 Å². The van der Waals surface area contributed by atoms with E-state index in [2.05, 4.69) is 5.32 Å². The smallest absolute Gasteiger partial charge is 0.260 e. The van der Waals surface area contributed by atoms with Crippen LogP contribution in [0.1, 0.15) is 26.3 Å². The number of ether oxygens (including phenoxy) is 3. The molecule has 0 fully saturated rings. The van der Waals surface area contributed by atoms with Gasteiger partial charge in [0.15, 0.2) is 17.6 Å². The molecule has 0 heterocycles. The third kappa shape index (κ3) is 5.99. The Balaban J connectivity index is 1.84. The van der Waals surface area contributed by atoms with E-state index in [0.29, 0.717) is 31.9 Å². The highest BCUT2D eigenvalue weighted by Crippen LogP contribution is 2.28. The second kappa shape index (κ2) is 10.3. The normalized spacial score (nSPS) is 11.5. The van der Waals surface area contributed by atoms with Crippen molar-refractivity contribution in [2.24, 2.45) is 0 Å². The fourth-order valence-electron chi connectivity index (χ4n) is 2.48. The van der Waals surface area contributed by atoms with E-state index in [0.717, 1.165) is 17.1 Å². The van der Waals surface area contributed by atoms with Gasteiger partial charge in [-0.3, -0.25) is 4.79 Å². The summed E-state index contributed by atoms with van der Waals surface area (Å²) in [5, 5.41) is 2.91. The summed E-state index contributed by atoms with van der Waals surface area (Å²) in [4.78, 5) is 12.2. The third-order valence-electron chi connectivity index (χ3n) is 3.75. The van der Waals surface area contributed by atoms with Gasteiger partial charge in [0.25, 0.3) is 5.91 Å². The van der Waals surface area contributed by atoms with Crippen LogP contribution in [-0.2, 0) is 11.2 Å². The lowest BCUT2D eigenvalue weighted by molar-refractivity contribution is -0.127. The van der Waals surface area contributed by atoms with E-state index in [1.807, 2.05) is 62.4 Å². The molecule has 0 radical (unpaired) electrons. The second-order valence-electron chi connectivity index (χ2n) is 5.76. The van der Waals surface area contributed by atoms with E-state index in [-0.39, 0.29) is 5.91 Å². The van der Waals surface area contributed by atoms with Crippen LogP contribution in [0.2, 0.25) is 0 Å². The summed E-state index contributed by atoms with van der Waals surface area (Å²) in [5.41, 5.74) is 1.08. The number of benzene rings is 2. The van der Waals surface area contributed by atoms with Gasteiger partial charge in [0.05, 0.1) is 13.2 Å². The Morgan fingerprint density at radius 3 is 2.38 bits per heavy atom. The molecule has 0 aromatic heterocycles. The summed E-state index contributed by atoms with van der Waals surface area (Å²) in [6.45, 7) is 7.32. The summed E-state index contributed by atoms with van der Waals surface area (Å²) >= 11 is 0. The van der Waals surface area contributed by atoms with E-state index >= 15 is 0 Å². The molecule has 0 saturated carbocycles. The minimum Gasteiger partial charge on any atom is -0.490 e. The molecule has 2 aromatic carbocycles. The molecule has 5 nitrogen and oxygen atoms in total. The average molecular weight is 357 g/mol. The lowest BCUT2D eigenvalue weighted by atomic mass is 10.1. The van der Waals surface area contributed by atoms with Crippen molar-refractivity contribution in [3.05, 3.63) is 54.1 Å². The molecule has 0 aliphatic carbocycles. The van der Waals surface area contributed by atoms with Crippen LogP contribution >= 0.6 is 0 Å². The number of para-hydroxylation sites is 1. The van der Waals surface area contributed by atoms with Gasteiger partial charge in [-0.1, -0.05) is 24.3 Å². The van der Waals surface area contributed by atoms with Crippen molar-refractivity contribution in [2.75, 3.05) is 19.8 Å². The molecular weight excluding hydrogens is 330 g/mol. The van der Waals surface area contributed by atoms with Crippen molar-refractivity contribution < 1.29 is 19.0 Å². The zero-order valence-corrected chi connectivity index (χ0v) is 15.7. The highest BCUT2D eigenvalue weighted by Gasteiger charge is 2.14. The van der Waals surface area contributed by atoms with E-state index < -0.39 is 6.10 Å². The van der Waals surface area contributed by atoms with Gasteiger partial charge in [0.1, 0.15) is 5.75 Å². The lowest BCUT2D eigenvalue weighted by Gasteiger charge is -2.15. The Morgan fingerprint density at radius 1 is 1.00 bits per heavy atom. The van der Waals surface area contributed by atoms with Crippen LogP contribution in [0.3, 0.4) is 0 Å². The summed E-state index contributed by atoms with van der Waals surface area (Å²) in [6, 6.07) is 15.2. The molecule has 1 unspecified atom stereocenters. The summed E-state index contributed by atoms with van der Waals surface area (Å²) < 4.78 is 16.8. The van der Waals surface area contributed by atoms with Crippen LogP contribution < -0.4 is 19.5 Å². The van der Waals surface area contributed by atoms with Crippen molar-refractivity contribution in [1.82, 2.24) is 5.32 Å². The van der Waals surface area contributed by atoms with Crippen molar-refractivity contribution >= 4 is 5.91 Å². The molecule has 0 aliphatic rings. The number of carbonyl (C=O) groups excluding carboxylic acids is 1. The molecule has 0 saturated heterocycles. The summed E-state index contributed by atoms with van der Waals surface area (Å²) in [5.74, 6) is 2.03. The predicted octanol–water partition coefficient (Wildman–Crippen LogP) is 3.61. The first kappa shape index (κ1) is 19.6. The van der Waals surface area contributed by atoms with E-state index in [1.54, 1.807) is 6.92 Å². The molecule has 0 aliphatic heterocycles. The zero-order chi connectivity index (χ0) is 18.8. The largest absolute Gasteiger partial charge is 0.490 e. The number of nitrogens with one attached hydrogen (secondary N) is 1. The number of amides is 1. The zero-order valence-electron chi connectivity index (χ0n) is 15.7. The minimum absolute atomic E-state index is 0.134. The van der Waals surface area contributed by atoms with Crippen molar-refractivity contribution in [2.45, 2.75) is 33.3 Å². The van der Waals surface area contributed by atoms with Gasteiger partial charge in [-0.05, 0) is 57.0 Å². The van der Waals surface area contributed by atoms with Crippen LogP contribution in [0.15, 0.2) is 48.5 Å². The van der Waals surface area contributed by atoms with Crippen LogP contribution in [0, 0.1) is 0 Å². The fourth-order valence-corrected chi connectivity index (χ4v) is 2.48. The second-order valence-corrected chi connectivity index (χ2v) is 5.76. The predicted molar refractivity (Wildman–Crippen MR) is 102 cm³/mol. The first-order valence-electron chi connectivity index (χ1n) is 9.02. The average Bonchev–Trinajstić information content (AvgIpc) is 2.65. The standard InChI is InChI=1S/C21H27NO4/c1-4-24-19-12-11-17(15-20(19)25-5-2)13-14-22-21(23)16(3)26-18-9-7-6-8-10-18/h6-12,15-16H,4-5,13-14H2,1-3H3,(H,22,23). The third-order valence-corrected chi connectivity index (χ3v) is 3.75. The van der Waals surface area contributed by atoms with Crippen LogP contribution in [0.4, 0.5) is 0 Å². The van der Waals surface area contributed by atoms with Gasteiger partial charge >= 0.3 is 0 Å². The molecule has 5 heteroatoms. The first-order valence-corrected chi connectivity index (χ1v) is 9.02. The highest BCUT2D eigenvalue weighted by atomic mass is 16.5. The van der Waals surface area contributed by atoms with Crippen LogP contribution in [-0.4, -0.2) is 31.8 Å². The van der Waals surface area contributed by atoms with Gasteiger partial charge in [-0.2, -0.15) is 0 Å². The van der Waals surface area contributed by atoms with Gasteiger partial charge in [-0.15, -0.1) is 0 Å². The van der Waals surface area contributed by atoms with E-state index in [1.165, 1.54) is 0 Å². The van der Waals surface area contributed by atoms with Crippen molar-refractivity contribution in [3.8, 4) is 17.2 Å². The lowest BCUT2D eigenvalue weighted by Crippen LogP contribution is -2.37. The number of hydrogen-bond donors (Lipinski definition) is 1. The Labute approximate surface area is 155 Å². The quantitative estimate of drug-likeness (QED) is 0.706. The topological polar surface area (TPSA) is 56.8 Å². The summed E-state index contributed by atoms with van der Waals surface area (Å²) in [6.07, 6.45) is 0.160. The molecular formula is C21H27NO4. The first-order chi connectivity index (χ1) is 12.6. The van der Waals surface area contributed by atoms with Crippen LogP contribution in [0.25, 0.3) is 0 Å². The van der Waals surface area contributed by atoms with Crippen molar-refractivity contribution in [1.29, 1.82) is 0 Å². The maximum absolute atomic E-state index is 12.2. The SMILES string of the molecule is CCOc1ccc(CCNC(=O)C(C)Oc2ccccc2)cc1OCC. The Kier molecular flexibility index (Phi) is 7.80. The van der Waals surface area contributed by atoms with E-state index in [4.69, 9.17) is 14.2 Å².